The minimum absolute atomic E-state index is 0.104. The maximum absolute atomic E-state index is 13.5. The van der Waals surface area contributed by atoms with Crippen LogP contribution < -0.4 is 9.04 Å². The van der Waals surface area contributed by atoms with Gasteiger partial charge in [-0.3, -0.25) is 0 Å². The number of sulfonamides is 1. The summed E-state index contributed by atoms with van der Waals surface area (Å²) in [7, 11) is -4.29. The number of alkyl halides is 3. The van der Waals surface area contributed by atoms with Crippen LogP contribution in [0.1, 0.15) is 19.4 Å². The molecule has 3 rings (SSSR count). The van der Waals surface area contributed by atoms with Crippen molar-refractivity contribution >= 4 is 21.7 Å². The number of aromatic nitrogens is 2. The van der Waals surface area contributed by atoms with Gasteiger partial charge in [-0.05, 0) is 38.1 Å². The Kier molecular flexibility index (Phi) is 6.70. The number of aliphatic hydroxyl groups is 1. The van der Waals surface area contributed by atoms with Gasteiger partial charge >= 0.3 is 6.18 Å². The average molecular weight is 467 g/mol. The summed E-state index contributed by atoms with van der Waals surface area (Å²) in [6, 6.07) is 15.1. The lowest BCUT2D eigenvalue weighted by Crippen LogP contribution is -2.30. The van der Waals surface area contributed by atoms with Crippen molar-refractivity contribution in [2.75, 3.05) is 4.31 Å². The third-order valence-corrected chi connectivity index (χ3v) is 6.20. The van der Waals surface area contributed by atoms with Crippen molar-refractivity contribution in [2.45, 2.75) is 37.1 Å². The van der Waals surface area contributed by atoms with Crippen LogP contribution in [-0.4, -0.2) is 35.7 Å². The maximum atomic E-state index is 13.5. The Morgan fingerprint density at radius 3 is 2.09 bits per heavy atom. The van der Waals surface area contributed by atoms with Crippen LogP contribution in [0.3, 0.4) is 0 Å². The molecular formula is C21H20F3N3O4S. The first-order valence-electron chi connectivity index (χ1n) is 9.46. The number of rotatable bonds is 7. The van der Waals surface area contributed by atoms with Gasteiger partial charge in [0.2, 0.25) is 11.8 Å². The zero-order valence-corrected chi connectivity index (χ0v) is 17.9. The number of nitrogens with zero attached hydrogens (tertiary/aromatic N) is 3. The number of ether oxygens (including phenoxy) is 1. The number of anilines is 2. The molecular weight excluding hydrogens is 447 g/mol. The van der Waals surface area contributed by atoms with Crippen molar-refractivity contribution in [1.29, 1.82) is 0 Å². The van der Waals surface area contributed by atoms with Gasteiger partial charge < -0.3 is 9.84 Å². The summed E-state index contributed by atoms with van der Waals surface area (Å²) in [5.41, 5.74) is -1.18. The van der Waals surface area contributed by atoms with E-state index in [0.717, 1.165) is 4.31 Å². The monoisotopic (exact) mass is 467 g/mol. The number of hydrogen-bond donors (Lipinski definition) is 1. The topological polar surface area (TPSA) is 92.6 Å². The molecule has 7 nitrogen and oxygen atoms in total. The summed E-state index contributed by atoms with van der Waals surface area (Å²) in [5.74, 6) is -1.43. The van der Waals surface area contributed by atoms with Crippen LogP contribution in [0.5, 0.6) is 5.88 Å². The highest BCUT2D eigenvalue weighted by molar-refractivity contribution is 7.93. The molecule has 0 aliphatic rings. The Morgan fingerprint density at radius 2 is 1.56 bits per heavy atom. The van der Waals surface area contributed by atoms with Gasteiger partial charge in [-0.25, -0.2) is 17.7 Å². The second-order valence-corrected chi connectivity index (χ2v) is 8.65. The zero-order valence-electron chi connectivity index (χ0n) is 17.1. The Morgan fingerprint density at radius 1 is 1.00 bits per heavy atom. The van der Waals surface area contributed by atoms with Gasteiger partial charge in [-0.1, -0.05) is 36.4 Å². The molecule has 11 heteroatoms. The quantitative estimate of drug-likeness (QED) is 0.561. The molecule has 0 amide bonds. The van der Waals surface area contributed by atoms with Crippen LogP contribution in [0.15, 0.2) is 71.8 Å². The van der Waals surface area contributed by atoms with Crippen molar-refractivity contribution in [1.82, 2.24) is 9.97 Å². The average Bonchev–Trinajstić information content (AvgIpc) is 2.74. The highest BCUT2D eigenvalue weighted by atomic mass is 32.2. The highest BCUT2D eigenvalue weighted by Crippen LogP contribution is 2.38. The summed E-state index contributed by atoms with van der Waals surface area (Å²) in [6.07, 6.45) is -6.55. The molecule has 0 saturated heterocycles. The molecule has 1 aromatic heterocycles. The third kappa shape index (κ3) is 5.00. The summed E-state index contributed by atoms with van der Waals surface area (Å²) in [6.45, 7) is 2.71. The molecule has 0 fully saturated rings. The lowest BCUT2D eigenvalue weighted by atomic mass is 10.2. The van der Waals surface area contributed by atoms with Crippen LogP contribution in [0.25, 0.3) is 0 Å². The van der Waals surface area contributed by atoms with Gasteiger partial charge in [0.1, 0.15) is 11.7 Å². The SMILES string of the molecule is C[C@@H](O)[C@@H](C)Oc1nc(N(c2ccccc2)S(=O)(=O)c2ccccc2)ncc1C(F)(F)F. The first kappa shape index (κ1) is 23.5. The van der Waals surface area contributed by atoms with E-state index < -0.39 is 45.8 Å². The molecule has 0 aliphatic carbocycles. The van der Waals surface area contributed by atoms with Crippen LogP contribution in [0.2, 0.25) is 0 Å². The van der Waals surface area contributed by atoms with Crippen molar-refractivity contribution in [3.8, 4) is 5.88 Å². The second kappa shape index (κ2) is 9.13. The Labute approximate surface area is 183 Å². The van der Waals surface area contributed by atoms with E-state index in [1.807, 2.05) is 0 Å². The number of benzene rings is 2. The fourth-order valence-electron chi connectivity index (χ4n) is 2.64. The number of hydrogen-bond acceptors (Lipinski definition) is 6. The standard InChI is InChI=1S/C21H20F3N3O4S/c1-14(28)15(2)31-19-18(21(22,23)24)13-25-20(26-19)27(16-9-5-3-6-10-16)32(29,30)17-11-7-4-8-12-17/h3-15,28H,1-2H3/t14-,15-/m1/s1. The predicted molar refractivity (Wildman–Crippen MR) is 111 cm³/mol. The van der Waals surface area contributed by atoms with Crippen molar-refractivity contribution < 1.29 is 31.4 Å². The first-order chi connectivity index (χ1) is 15.0. The molecule has 3 aromatic rings. The summed E-state index contributed by atoms with van der Waals surface area (Å²) < 4.78 is 73.3. The molecule has 1 heterocycles. The predicted octanol–water partition coefficient (Wildman–Crippen LogP) is 4.17. The van der Waals surface area contributed by atoms with Crippen LogP contribution in [0, 0.1) is 0 Å². The van der Waals surface area contributed by atoms with Crippen molar-refractivity contribution in [3.63, 3.8) is 0 Å². The molecule has 0 bridgehead atoms. The van der Waals surface area contributed by atoms with Crippen molar-refractivity contribution in [3.05, 3.63) is 72.4 Å². The second-order valence-electron chi connectivity index (χ2n) is 6.87. The minimum Gasteiger partial charge on any atom is -0.471 e. The molecule has 1 N–H and O–H groups in total. The molecule has 2 aromatic carbocycles. The van der Waals surface area contributed by atoms with E-state index in [9.17, 15) is 26.7 Å². The summed E-state index contributed by atoms with van der Waals surface area (Å²) >= 11 is 0. The Balaban J connectivity index is 2.21. The smallest absolute Gasteiger partial charge is 0.423 e. The van der Waals surface area contributed by atoms with Gasteiger partial charge in [0, 0.05) is 6.20 Å². The minimum atomic E-state index is -4.86. The van der Waals surface area contributed by atoms with Gasteiger partial charge in [0.05, 0.1) is 16.7 Å². The van der Waals surface area contributed by atoms with Crippen LogP contribution >= 0.6 is 0 Å². The zero-order chi connectivity index (χ0) is 23.5. The van der Waals surface area contributed by atoms with E-state index in [-0.39, 0.29) is 10.6 Å². The number of aliphatic hydroxyl groups excluding tert-OH is 1. The van der Waals surface area contributed by atoms with Crippen LogP contribution in [0.4, 0.5) is 24.8 Å². The Bertz CT molecular complexity index is 1160. The molecule has 0 aliphatic heterocycles. The van der Waals surface area contributed by atoms with Gasteiger partial charge in [0.15, 0.2) is 0 Å². The molecule has 0 spiro atoms. The lowest BCUT2D eigenvalue weighted by molar-refractivity contribution is -0.140. The molecule has 0 radical (unpaired) electrons. The van der Waals surface area contributed by atoms with E-state index in [4.69, 9.17) is 4.74 Å². The van der Waals surface area contributed by atoms with E-state index in [1.54, 1.807) is 24.3 Å². The molecule has 0 unspecified atom stereocenters. The number of halogens is 3. The highest BCUT2D eigenvalue weighted by Gasteiger charge is 2.38. The lowest BCUT2D eigenvalue weighted by Gasteiger charge is -2.24. The maximum Gasteiger partial charge on any atom is 0.423 e. The van der Waals surface area contributed by atoms with E-state index in [2.05, 4.69) is 9.97 Å². The first-order valence-corrected chi connectivity index (χ1v) is 10.9. The summed E-state index contributed by atoms with van der Waals surface area (Å²) in [4.78, 5) is 7.41. The van der Waals surface area contributed by atoms with Gasteiger partial charge in [0.25, 0.3) is 10.0 Å². The molecule has 170 valence electrons. The fourth-order valence-corrected chi connectivity index (χ4v) is 4.05. The molecule has 0 saturated carbocycles. The van der Waals surface area contributed by atoms with E-state index in [0.29, 0.717) is 6.20 Å². The molecule has 32 heavy (non-hydrogen) atoms. The normalized spacial score (nSPS) is 13.9. The van der Waals surface area contributed by atoms with Crippen molar-refractivity contribution in [2.24, 2.45) is 0 Å². The van der Waals surface area contributed by atoms with Crippen LogP contribution in [-0.2, 0) is 16.2 Å². The third-order valence-electron chi connectivity index (χ3n) is 4.48. The van der Waals surface area contributed by atoms with E-state index >= 15 is 0 Å². The number of para-hydroxylation sites is 1. The van der Waals surface area contributed by atoms with Gasteiger partial charge in [-0.2, -0.15) is 18.2 Å². The fraction of sp³-hybridized carbons (Fsp3) is 0.238. The molecule has 2 atom stereocenters. The largest absolute Gasteiger partial charge is 0.471 e. The summed E-state index contributed by atoms with van der Waals surface area (Å²) in [5, 5.41) is 9.65. The van der Waals surface area contributed by atoms with E-state index in [1.165, 1.54) is 50.2 Å². The van der Waals surface area contributed by atoms with Gasteiger partial charge in [-0.15, -0.1) is 0 Å². The Hall–Kier alpha value is -3.18.